The summed E-state index contributed by atoms with van der Waals surface area (Å²) in [5.41, 5.74) is 1.83. The number of nitrogens with one attached hydrogen (secondary N) is 1. The molecule has 0 aliphatic carbocycles. The summed E-state index contributed by atoms with van der Waals surface area (Å²) in [6, 6.07) is 6.30. The Morgan fingerprint density at radius 1 is 1.25 bits per heavy atom. The Morgan fingerprint density at radius 3 is 2.44 bits per heavy atom. The normalized spacial score (nSPS) is 18.7. The van der Waals surface area contributed by atoms with Gasteiger partial charge in [0.2, 0.25) is 0 Å². The van der Waals surface area contributed by atoms with E-state index in [4.69, 9.17) is 0 Å². The van der Waals surface area contributed by atoms with E-state index in [2.05, 4.69) is 5.32 Å². The van der Waals surface area contributed by atoms with Gasteiger partial charge in [-0.05, 0) is 55.1 Å². The first kappa shape index (κ1) is 11.1. The van der Waals surface area contributed by atoms with Crippen LogP contribution in [0.25, 0.3) is 5.57 Å². The second-order valence-electron chi connectivity index (χ2n) is 4.12. The Balaban J connectivity index is 2.18. The Labute approximate surface area is 94.8 Å². The second-order valence-corrected chi connectivity index (χ2v) is 4.12. The zero-order valence-corrected chi connectivity index (χ0v) is 9.12. The summed E-state index contributed by atoms with van der Waals surface area (Å²) in [5.74, 6) is 0.128. The van der Waals surface area contributed by atoms with Crippen molar-refractivity contribution in [1.82, 2.24) is 5.32 Å². The molecular formula is C13H16FNO. The van der Waals surface area contributed by atoms with Crippen molar-refractivity contribution < 1.29 is 9.50 Å². The van der Waals surface area contributed by atoms with E-state index < -0.39 is 0 Å². The lowest BCUT2D eigenvalue weighted by Gasteiger charge is -2.24. The molecule has 1 aromatic rings. The predicted octanol–water partition coefficient (Wildman–Crippen LogP) is 2.72. The summed E-state index contributed by atoms with van der Waals surface area (Å²) >= 11 is 0. The lowest BCUT2D eigenvalue weighted by Crippen LogP contribution is -2.28. The van der Waals surface area contributed by atoms with Gasteiger partial charge in [-0.2, -0.15) is 0 Å². The van der Waals surface area contributed by atoms with Gasteiger partial charge >= 0.3 is 0 Å². The number of piperidine rings is 1. The molecule has 0 radical (unpaired) electrons. The van der Waals surface area contributed by atoms with Crippen LogP contribution in [0.15, 0.2) is 30.5 Å². The molecular weight excluding hydrogens is 205 g/mol. The highest BCUT2D eigenvalue weighted by Crippen LogP contribution is 2.29. The molecule has 86 valence electrons. The van der Waals surface area contributed by atoms with Gasteiger partial charge in [0, 0.05) is 0 Å². The number of allylic oxidation sites excluding steroid dienone is 1. The smallest absolute Gasteiger partial charge is 0.123 e. The number of benzene rings is 1. The van der Waals surface area contributed by atoms with Crippen molar-refractivity contribution in [1.29, 1.82) is 0 Å². The molecule has 0 amide bonds. The van der Waals surface area contributed by atoms with Crippen LogP contribution in [0.5, 0.6) is 0 Å². The number of hydrogen-bond acceptors (Lipinski definition) is 2. The van der Waals surface area contributed by atoms with Gasteiger partial charge in [-0.15, -0.1) is 0 Å². The molecule has 0 unspecified atom stereocenters. The van der Waals surface area contributed by atoms with Gasteiger partial charge in [-0.25, -0.2) is 4.39 Å². The minimum Gasteiger partial charge on any atom is -0.515 e. The van der Waals surface area contributed by atoms with Gasteiger partial charge in [0.1, 0.15) is 5.82 Å². The fourth-order valence-electron chi connectivity index (χ4n) is 2.19. The van der Waals surface area contributed by atoms with Crippen LogP contribution in [0.3, 0.4) is 0 Å². The molecule has 0 aromatic heterocycles. The quantitative estimate of drug-likeness (QED) is 0.753. The number of aliphatic hydroxyl groups is 1. The van der Waals surface area contributed by atoms with Crippen molar-refractivity contribution in [2.45, 2.75) is 12.8 Å². The first-order valence-electron chi connectivity index (χ1n) is 5.62. The van der Waals surface area contributed by atoms with E-state index in [1.807, 2.05) is 0 Å². The molecule has 3 heteroatoms. The molecule has 16 heavy (non-hydrogen) atoms. The monoisotopic (exact) mass is 221 g/mol. The number of aliphatic hydroxyl groups excluding tert-OH is 1. The van der Waals surface area contributed by atoms with Crippen LogP contribution in [0.1, 0.15) is 18.4 Å². The van der Waals surface area contributed by atoms with E-state index in [0.717, 1.165) is 37.1 Å². The highest BCUT2D eigenvalue weighted by atomic mass is 19.1. The Kier molecular flexibility index (Phi) is 3.57. The molecule has 1 aliphatic rings. The second kappa shape index (κ2) is 5.12. The maximum absolute atomic E-state index is 12.8. The largest absolute Gasteiger partial charge is 0.515 e. The van der Waals surface area contributed by atoms with E-state index in [0.29, 0.717) is 5.92 Å². The SMILES string of the molecule is OC=C(c1ccc(F)cc1)C1CCNCC1. The third kappa shape index (κ3) is 2.42. The number of halogens is 1. The lowest BCUT2D eigenvalue weighted by molar-refractivity contribution is 0.427. The summed E-state index contributed by atoms with van der Waals surface area (Å²) in [5, 5.41) is 12.6. The average Bonchev–Trinajstić information content (AvgIpc) is 2.34. The highest BCUT2D eigenvalue weighted by molar-refractivity contribution is 5.66. The Bertz CT molecular complexity index is 366. The third-order valence-corrected chi connectivity index (χ3v) is 3.10. The molecule has 1 heterocycles. The molecule has 1 aromatic carbocycles. The zero-order valence-electron chi connectivity index (χ0n) is 9.12. The van der Waals surface area contributed by atoms with Gasteiger partial charge in [0.05, 0.1) is 6.26 Å². The van der Waals surface area contributed by atoms with Crippen LogP contribution in [0.4, 0.5) is 4.39 Å². The minimum absolute atomic E-state index is 0.244. The predicted molar refractivity (Wildman–Crippen MR) is 62.6 cm³/mol. The van der Waals surface area contributed by atoms with Crippen LogP contribution in [0.2, 0.25) is 0 Å². The molecule has 2 N–H and O–H groups in total. The first-order chi connectivity index (χ1) is 7.81. The van der Waals surface area contributed by atoms with Crippen LogP contribution >= 0.6 is 0 Å². The topological polar surface area (TPSA) is 32.3 Å². The zero-order chi connectivity index (χ0) is 11.4. The van der Waals surface area contributed by atoms with E-state index in [1.165, 1.54) is 18.4 Å². The number of rotatable bonds is 2. The summed E-state index contributed by atoms with van der Waals surface area (Å²) in [6.45, 7) is 1.95. The summed E-state index contributed by atoms with van der Waals surface area (Å²) in [7, 11) is 0. The van der Waals surface area contributed by atoms with E-state index >= 15 is 0 Å². The van der Waals surface area contributed by atoms with Crippen LogP contribution in [-0.2, 0) is 0 Å². The third-order valence-electron chi connectivity index (χ3n) is 3.10. The molecule has 1 fully saturated rings. The average molecular weight is 221 g/mol. The molecule has 0 bridgehead atoms. The van der Waals surface area contributed by atoms with Crippen LogP contribution in [0, 0.1) is 11.7 Å². The maximum Gasteiger partial charge on any atom is 0.123 e. The molecule has 1 saturated heterocycles. The molecule has 2 rings (SSSR count). The fourth-order valence-corrected chi connectivity index (χ4v) is 2.19. The van der Waals surface area contributed by atoms with Gasteiger partial charge in [-0.1, -0.05) is 12.1 Å². The van der Waals surface area contributed by atoms with E-state index in [9.17, 15) is 9.50 Å². The van der Waals surface area contributed by atoms with Crippen molar-refractivity contribution in [3.63, 3.8) is 0 Å². The summed E-state index contributed by atoms with van der Waals surface area (Å²) in [4.78, 5) is 0. The van der Waals surface area contributed by atoms with E-state index in [-0.39, 0.29) is 5.82 Å². The van der Waals surface area contributed by atoms with Gasteiger partial charge in [0.15, 0.2) is 0 Å². The van der Waals surface area contributed by atoms with Crippen molar-refractivity contribution in [3.05, 3.63) is 41.9 Å². The molecule has 0 spiro atoms. The van der Waals surface area contributed by atoms with Crippen LogP contribution < -0.4 is 5.32 Å². The Hall–Kier alpha value is -1.35. The highest BCUT2D eigenvalue weighted by Gasteiger charge is 2.18. The van der Waals surface area contributed by atoms with Gasteiger partial charge in [0.25, 0.3) is 0 Å². The van der Waals surface area contributed by atoms with Crippen molar-refractivity contribution in [2.24, 2.45) is 5.92 Å². The van der Waals surface area contributed by atoms with Gasteiger partial charge < -0.3 is 10.4 Å². The van der Waals surface area contributed by atoms with Crippen molar-refractivity contribution in [3.8, 4) is 0 Å². The summed E-state index contributed by atoms with van der Waals surface area (Å²) < 4.78 is 12.8. The summed E-state index contributed by atoms with van der Waals surface area (Å²) in [6.07, 6.45) is 3.21. The molecule has 0 atom stereocenters. The maximum atomic E-state index is 12.8. The van der Waals surface area contributed by atoms with Gasteiger partial charge in [-0.3, -0.25) is 0 Å². The van der Waals surface area contributed by atoms with Crippen LogP contribution in [-0.4, -0.2) is 18.2 Å². The minimum atomic E-state index is -0.244. The first-order valence-corrected chi connectivity index (χ1v) is 5.62. The number of hydrogen-bond donors (Lipinski definition) is 2. The Morgan fingerprint density at radius 2 is 1.88 bits per heavy atom. The molecule has 0 saturated carbocycles. The standard InChI is InChI=1S/C13H16FNO/c14-12-3-1-10(2-4-12)13(9-16)11-5-7-15-8-6-11/h1-4,9,11,15-16H,5-8H2. The van der Waals surface area contributed by atoms with Crippen molar-refractivity contribution in [2.75, 3.05) is 13.1 Å². The fraction of sp³-hybridized carbons (Fsp3) is 0.385. The molecule has 1 aliphatic heterocycles. The molecule has 2 nitrogen and oxygen atoms in total. The van der Waals surface area contributed by atoms with Crippen molar-refractivity contribution >= 4 is 5.57 Å². The van der Waals surface area contributed by atoms with E-state index in [1.54, 1.807) is 12.1 Å². The lowest BCUT2D eigenvalue weighted by atomic mass is 9.86.